The predicted octanol–water partition coefficient (Wildman–Crippen LogP) is 3.53. The van der Waals surface area contributed by atoms with Gasteiger partial charge in [-0.1, -0.05) is 0 Å². The molecule has 0 unspecified atom stereocenters. The van der Waals surface area contributed by atoms with Crippen LogP contribution in [0.25, 0.3) is 5.69 Å². The van der Waals surface area contributed by atoms with Gasteiger partial charge in [0.15, 0.2) is 5.78 Å². The lowest BCUT2D eigenvalue weighted by molar-refractivity contribution is 0.102. The summed E-state index contributed by atoms with van der Waals surface area (Å²) < 4.78 is 12.7. The van der Waals surface area contributed by atoms with Gasteiger partial charge < -0.3 is 14.0 Å². The maximum atomic E-state index is 11.9. The molecule has 0 spiro atoms. The Labute approximate surface area is 129 Å². The Morgan fingerprint density at radius 3 is 2.48 bits per heavy atom. The minimum absolute atomic E-state index is 0.0282. The number of alkyl halides is 1. The number of halogens is 1. The first-order valence-corrected chi connectivity index (χ1v) is 7.07. The number of hydrogen-bond donors (Lipinski definition) is 0. The van der Waals surface area contributed by atoms with Crippen molar-refractivity contribution in [3.8, 4) is 17.2 Å². The fraction of sp³-hybridized carbons (Fsp3) is 0.312. The smallest absolute Gasteiger partial charge is 0.179 e. The number of aromatic nitrogens is 1. The number of benzene rings is 1. The lowest BCUT2D eigenvalue weighted by Gasteiger charge is -2.15. The molecule has 112 valence electrons. The van der Waals surface area contributed by atoms with E-state index < -0.39 is 0 Å². The SMILES string of the molecule is COc1ccc(OC)c(-n2c(C)cc(C(=O)CCl)c2C)c1. The van der Waals surface area contributed by atoms with Crippen LogP contribution in [0.1, 0.15) is 21.7 Å². The van der Waals surface area contributed by atoms with Crippen molar-refractivity contribution < 1.29 is 14.3 Å². The number of nitrogens with zero attached hydrogens (tertiary/aromatic N) is 1. The molecule has 0 aliphatic heterocycles. The lowest BCUT2D eigenvalue weighted by Crippen LogP contribution is -2.05. The van der Waals surface area contributed by atoms with Gasteiger partial charge in [0, 0.05) is 23.0 Å². The molecule has 0 aliphatic rings. The maximum Gasteiger partial charge on any atom is 0.179 e. The number of carbonyl (C=O) groups is 1. The topological polar surface area (TPSA) is 40.5 Å². The lowest BCUT2D eigenvalue weighted by atomic mass is 10.2. The van der Waals surface area contributed by atoms with E-state index in [4.69, 9.17) is 21.1 Å². The molecular weight excluding hydrogens is 290 g/mol. The number of Topliss-reactive ketones (excluding diaryl/α,β-unsaturated/α-hetero) is 1. The minimum atomic E-state index is -0.0853. The van der Waals surface area contributed by atoms with Gasteiger partial charge in [0.2, 0.25) is 0 Å². The van der Waals surface area contributed by atoms with Crippen LogP contribution >= 0.6 is 11.6 Å². The van der Waals surface area contributed by atoms with Crippen molar-refractivity contribution in [1.82, 2.24) is 4.57 Å². The summed E-state index contributed by atoms with van der Waals surface area (Å²) in [5.74, 6) is 1.32. The molecule has 0 aliphatic carbocycles. The Kier molecular flexibility index (Phi) is 4.58. The van der Waals surface area contributed by atoms with E-state index in [9.17, 15) is 4.79 Å². The molecular formula is C16H18ClNO3. The van der Waals surface area contributed by atoms with E-state index in [0.717, 1.165) is 22.8 Å². The second-order valence-corrected chi connectivity index (χ2v) is 4.98. The number of rotatable bonds is 5. The van der Waals surface area contributed by atoms with Crippen LogP contribution in [-0.4, -0.2) is 30.4 Å². The molecule has 0 saturated heterocycles. The fourth-order valence-electron chi connectivity index (χ4n) is 2.46. The molecule has 0 saturated carbocycles. The van der Waals surface area contributed by atoms with Crippen LogP contribution in [0.15, 0.2) is 24.3 Å². The molecule has 2 rings (SSSR count). The third-order valence-electron chi connectivity index (χ3n) is 3.48. The number of ether oxygens (including phenoxy) is 2. The average Bonchev–Trinajstić information content (AvgIpc) is 2.80. The summed E-state index contributed by atoms with van der Waals surface area (Å²) >= 11 is 5.67. The first-order valence-electron chi connectivity index (χ1n) is 6.54. The van der Waals surface area contributed by atoms with E-state index in [1.807, 2.05) is 42.7 Å². The predicted molar refractivity (Wildman–Crippen MR) is 83.4 cm³/mol. The molecule has 0 radical (unpaired) electrons. The second kappa shape index (κ2) is 6.22. The number of hydrogen-bond acceptors (Lipinski definition) is 3. The Hall–Kier alpha value is -1.94. The fourth-order valence-corrected chi connectivity index (χ4v) is 2.60. The summed E-state index contributed by atoms with van der Waals surface area (Å²) in [5.41, 5.74) is 3.24. The standard InChI is InChI=1S/C16H18ClNO3/c1-10-7-13(15(19)9-17)11(2)18(10)14-8-12(20-3)5-6-16(14)21-4/h5-8H,9H2,1-4H3. The van der Waals surface area contributed by atoms with Gasteiger partial charge in [-0.25, -0.2) is 0 Å². The molecule has 0 N–H and O–H groups in total. The zero-order valence-corrected chi connectivity index (χ0v) is 13.3. The normalized spacial score (nSPS) is 10.5. The van der Waals surface area contributed by atoms with Crippen molar-refractivity contribution in [2.75, 3.05) is 20.1 Å². The largest absolute Gasteiger partial charge is 0.497 e. The number of ketones is 1. The van der Waals surface area contributed by atoms with Crippen molar-refractivity contribution in [3.63, 3.8) is 0 Å². The van der Waals surface area contributed by atoms with E-state index in [-0.39, 0.29) is 11.7 Å². The molecule has 4 nitrogen and oxygen atoms in total. The number of methoxy groups -OCH3 is 2. The summed E-state index contributed by atoms with van der Waals surface area (Å²) in [6, 6.07) is 7.41. The van der Waals surface area contributed by atoms with E-state index in [1.165, 1.54) is 0 Å². The van der Waals surface area contributed by atoms with Gasteiger partial charge in [-0.15, -0.1) is 11.6 Å². The van der Waals surface area contributed by atoms with Crippen molar-refractivity contribution in [2.45, 2.75) is 13.8 Å². The quantitative estimate of drug-likeness (QED) is 0.626. The third-order valence-corrected chi connectivity index (χ3v) is 3.72. The van der Waals surface area contributed by atoms with Crippen molar-refractivity contribution in [3.05, 3.63) is 41.2 Å². The zero-order valence-electron chi connectivity index (χ0n) is 12.6. The van der Waals surface area contributed by atoms with Crippen LogP contribution in [0.3, 0.4) is 0 Å². The van der Waals surface area contributed by atoms with Crippen LogP contribution in [0.4, 0.5) is 0 Å². The maximum absolute atomic E-state index is 11.9. The Bertz CT molecular complexity index is 676. The molecule has 1 heterocycles. The Morgan fingerprint density at radius 1 is 1.19 bits per heavy atom. The van der Waals surface area contributed by atoms with E-state index in [2.05, 4.69) is 0 Å². The second-order valence-electron chi connectivity index (χ2n) is 4.71. The highest BCUT2D eigenvalue weighted by Gasteiger charge is 2.18. The highest BCUT2D eigenvalue weighted by molar-refractivity contribution is 6.30. The highest BCUT2D eigenvalue weighted by Crippen LogP contribution is 2.31. The zero-order chi connectivity index (χ0) is 15.6. The van der Waals surface area contributed by atoms with Crippen LogP contribution in [-0.2, 0) is 0 Å². The van der Waals surface area contributed by atoms with Crippen molar-refractivity contribution in [2.24, 2.45) is 0 Å². The average molecular weight is 308 g/mol. The monoisotopic (exact) mass is 307 g/mol. The van der Waals surface area contributed by atoms with Gasteiger partial charge in [-0.3, -0.25) is 4.79 Å². The highest BCUT2D eigenvalue weighted by atomic mass is 35.5. The van der Waals surface area contributed by atoms with Crippen LogP contribution in [0, 0.1) is 13.8 Å². The molecule has 0 bridgehead atoms. The van der Waals surface area contributed by atoms with Gasteiger partial charge in [-0.05, 0) is 32.0 Å². The van der Waals surface area contributed by atoms with Gasteiger partial charge in [0.1, 0.15) is 11.5 Å². The van der Waals surface area contributed by atoms with Gasteiger partial charge in [0.25, 0.3) is 0 Å². The first-order chi connectivity index (χ1) is 10.0. The molecule has 0 fully saturated rings. The van der Waals surface area contributed by atoms with E-state index in [1.54, 1.807) is 14.2 Å². The minimum Gasteiger partial charge on any atom is -0.497 e. The third kappa shape index (κ3) is 2.76. The molecule has 0 amide bonds. The van der Waals surface area contributed by atoms with Crippen LogP contribution in [0.5, 0.6) is 11.5 Å². The van der Waals surface area contributed by atoms with Gasteiger partial charge >= 0.3 is 0 Å². The van der Waals surface area contributed by atoms with Crippen molar-refractivity contribution >= 4 is 17.4 Å². The van der Waals surface area contributed by atoms with Gasteiger partial charge in [0.05, 0.1) is 25.8 Å². The number of carbonyl (C=O) groups excluding carboxylic acids is 1. The molecule has 5 heteroatoms. The van der Waals surface area contributed by atoms with E-state index in [0.29, 0.717) is 11.3 Å². The molecule has 21 heavy (non-hydrogen) atoms. The Balaban J connectivity index is 2.66. The summed E-state index contributed by atoms with van der Waals surface area (Å²) in [6.07, 6.45) is 0. The van der Waals surface area contributed by atoms with Crippen LogP contribution < -0.4 is 9.47 Å². The number of aryl methyl sites for hydroxylation is 1. The first kappa shape index (κ1) is 15.4. The van der Waals surface area contributed by atoms with E-state index >= 15 is 0 Å². The molecule has 1 aromatic heterocycles. The summed E-state index contributed by atoms with van der Waals surface area (Å²) in [6.45, 7) is 3.84. The summed E-state index contributed by atoms with van der Waals surface area (Å²) in [7, 11) is 3.23. The van der Waals surface area contributed by atoms with Gasteiger partial charge in [-0.2, -0.15) is 0 Å². The molecule has 0 atom stereocenters. The molecule has 1 aromatic carbocycles. The van der Waals surface area contributed by atoms with Crippen molar-refractivity contribution in [1.29, 1.82) is 0 Å². The summed E-state index contributed by atoms with van der Waals surface area (Å²) in [4.78, 5) is 11.9. The molecule has 2 aromatic rings. The van der Waals surface area contributed by atoms with Crippen LogP contribution in [0.2, 0.25) is 0 Å². The Morgan fingerprint density at radius 2 is 1.90 bits per heavy atom. The summed E-state index contributed by atoms with van der Waals surface area (Å²) in [5, 5.41) is 0.